The van der Waals surface area contributed by atoms with Gasteiger partial charge in [0, 0.05) is 7.05 Å². The summed E-state index contributed by atoms with van der Waals surface area (Å²) in [6, 6.07) is 22.8. The van der Waals surface area contributed by atoms with Crippen molar-refractivity contribution in [3.8, 4) is 0 Å². The molecule has 0 radical (unpaired) electrons. The Hall–Kier alpha value is -2.50. The van der Waals surface area contributed by atoms with E-state index in [1.54, 1.807) is 17.8 Å². The van der Waals surface area contributed by atoms with Gasteiger partial charge in [-0.3, -0.25) is 9.48 Å². The van der Waals surface area contributed by atoms with Crippen LogP contribution in [0.4, 0.5) is 0 Å². The minimum absolute atomic E-state index is 0.0853. The molecule has 0 N–H and O–H groups in total. The molecule has 3 aromatic rings. The topological polar surface area (TPSA) is 44.1 Å². The normalized spacial score (nSPS) is 12.1. The van der Waals surface area contributed by atoms with E-state index in [1.807, 2.05) is 12.1 Å². The molecular formula is C22H26N2O2Si. The molecule has 0 amide bonds. The highest BCUT2D eigenvalue weighted by molar-refractivity contribution is 6.99. The molecule has 0 saturated carbocycles. The molecule has 4 nitrogen and oxygen atoms in total. The molecule has 0 atom stereocenters. The maximum Gasteiger partial charge on any atom is 0.261 e. The van der Waals surface area contributed by atoms with E-state index in [9.17, 15) is 4.79 Å². The van der Waals surface area contributed by atoms with Crippen LogP contribution in [-0.2, 0) is 18.1 Å². The molecule has 0 unspecified atom stereocenters. The molecule has 5 heteroatoms. The zero-order valence-electron chi connectivity index (χ0n) is 16.3. The fourth-order valence-corrected chi connectivity index (χ4v) is 8.19. The summed E-state index contributed by atoms with van der Waals surface area (Å²) >= 11 is 0. The number of benzene rings is 2. The summed E-state index contributed by atoms with van der Waals surface area (Å²) in [4.78, 5) is 11.2. The van der Waals surface area contributed by atoms with Gasteiger partial charge in [0.25, 0.3) is 8.32 Å². The second kappa shape index (κ2) is 7.62. The van der Waals surface area contributed by atoms with Gasteiger partial charge in [0.2, 0.25) is 0 Å². The average Bonchev–Trinajstić information content (AvgIpc) is 3.03. The minimum atomic E-state index is -2.59. The van der Waals surface area contributed by atoms with E-state index in [-0.39, 0.29) is 5.04 Å². The van der Waals surface area contributed by atoms with Crippen LogP contribution in [0.15, 0.2) is 66.7 Å². The summed E-state index contributed by atoms with van der Waals surface area (Å²) in [7, 11) is -0.814. The third-order valence-electron chi connectivity index (χ3n) is 4.94. The van der Waals surface area contributed by atoms with Gasteiger partial charge in [0.05, 0.1) is 12.3 Å². The van der Waals surface area contributed by atoms with Gasteiger partial charge in [-0.1, -0.05) is 81.4 Å². The highest BCUT2D eigenvalue weighted by Crippen LogP contribution is 2.37. The van der Waals surface area contributed by atoms with Crippen LogP contribution in [-0.4, -0.2) is 24.4 Å². The van der Waals surface area contributed by atoms with Crippen molar-refractivity contribution in [2.24, 2.45) is 7.05 Å². The van der Waals surface area contributed by atoms with Crippen molar-refractivity contribution in [1.82, 2.24) is 9.78 Å². The standard InChI is InChI=1S/C22H26N2O2Si/c1-22(2,3)27(20-11-7-5-8-12-20,21-13-9-6-10-14-21)26-17-18-15-19(16-25)24(4)23-18/h5-16H,17H2,1-4H3. The van der Waals surface area contributed by atoms with Crippen LogP contribution < -0.4 is 10.4 Å². The first kappa shape index (κ1) is 19.3. The fourth-order valence-electron chi connectivity index (χ4n) is 3.67. The summed E-state index contributed by atoms with van der Waals surface area (Å²) in [5, 5.41) is 6.81. The van der Waals surface area contributed by atoms with Gasteiger partial charge in [-0.2, -0.15) is 5.10 Å². The quantitative estimate of drug-likeness (QED) is 0.488. The Labute approximate surface area is 161 Å². The predicted molar refractivity (Wildman–Crippen MR) is 111 cm³/mol. The lowest BCUT2D eigenvalue weighted by atomic mass is 10.2. The van der Waals surface area contributed by atoms with Crippen LogP contribution in [0.5, 0.6) is 0 Å². The Balaban J connectivity index is 2.10. The molecular weight excluding hydrogens is 352 g/mol. The number of carbonyl (C=O) groups excluding carboxylic acids is 1. The van der Waals surface area contributed by atoms with Crippen LogP contribution in [0.25, 0.3) is 0 Å². The lowest BCUT2D eigenvalue weighted by Gasteiger charge is -2.42. The largest absolute Gasteiger partial charge is 0.401 e. The van der Waals surface area contributed by atoms with Crippen molar-refractivity contribution in [1.29, 1.82) is 0 Å². The summed E-state index contributed by atoms with van der Waals surface area (Å²) in [5.74, 6) is 0. The van der Waals surface area contributed by atoms with Crippen LogP contribution in [0.2, 0.25) is 5.04 Å². The maximum absolute atomic E-state index is 11.2. The number of carbonyl (C=O) groups is 1. The van der Waals surface area contributed by atoms with Crippen LogP contribution in [0.3, 0.4) is 0 Å². The van der Waals surface area contributed by atoms with Gasteiger partial charge in [0.1, 0.15) is 5.69 Å². The highest BCUT2D eigenvalue weighted by atomic mass is 28.4. The van der Waals surface area contributed by atoms with E-state index in [1.165, 1.54) is 10.4 Å². The highest BCUT2D eigenvalue weighted by Gasteiger charge is 2.50. The van der Waals surface area contributed by atoms with Crippen molar-refractivity contribution in [3.63, 3.8) is 0 Å². The lowest BCUT2D eigenvalue weighted by molar-refractivity contribution is 0.111. The predicted octanol–water partition coefficient (Wildman–Crippen LogP) is 3.31. The lowest BCUT2D eigenvalue weighted by Crippen LogP contribution is -2.66. The summed E-state index contributed by atoms with van der Waals surface area (Å²) < 4.78 is 8.41. The smallest absolute Gasteiger partial charge is 0.261 e. The van der Waals surface area contributed by atoms with Crippen LogP contribution in [0, 0.1) is 0 Å². The van der Waals surface area contributed by atoms with Gasteiger partial charge in [0.15, 0.2) is 6.29 Å². The Morgan fingerprint density at radius 3 is 1.93 bits per heavy atom. The number of hydrogen-bond acceptors (Lipinski definition) is 3. The molecule has 0 fully saturated rings. The SMILES string of the molecule is Cn1nc(CO[Si](c2ccccc2)(c2ccccc2)C(C)(C)C)cc1C=O. The number of nitrogens with zero attached hydrogens (tertiary/aromatic N) is 2. The first-order chi connectivity index (χ1) is 12.9. The van der Waals surface area contributed by atoms with E-state index in [4.69, 9.17) is 4.43 Å². The molecule has 0 aliphatic heterocycles. The molecule has 140 valence electrons. The van der Waals surface area contributed by atoms with Gasteiger partial charge >= 0.3 is 0 Å². The van der Waals surface area contributed by atoms with Crippen LogP contribution >= 0.6 is 0 Å². The zero-order chi connectivity index (χ0) is 19.5. The molecule has 3 rings (SSSR count). The Bertz CT molecular complexity index is 860. The van der Waals surface area contributed by atoms with E-state index >= 15 is 0 Å². The van der Waals surface area contributed by atoms with E-state index in [2.05, 4.69) is 74.4 Å². The molecule has 0 bridgehead atoms. The molecule has 27 heavy (non-hydrogen) atoms. The summed E-state index contributed by atoms with van der Waals surface area (Å²) in [5.41, 5.74) is 1.32. The molecule has 0 aliphatic carbocycles. The first-order valence-electron chi connectivity index (χ1n) is 9.11. The van der Waals surface area contributed by atoms with Crippen molar-refractivity contribution < 1.29 is 9.22 Å². The number of aldehydes is 1. The summed E-state index contributed by atoms with van der Waals surface area (Å²) in [6.07, 6.45) is 0.819. The molecule has 2 aromatic carbocycles. The van der Waals surface area contributed by atoms with Gasteiger partial charge in [-0.05, 0) is 21.5 Å². The number of aryl methyl sites for hydroxylation is 1. The van der Waals surface area contributed by atoms with Gasteiger partial charge in [-0.15, -0.1) is 0 Å². The first-order valence-corrected chi connectivity index (χ1v) is 11.0. The zero-order valence-corrected chi connectivity index (χ0v) is 17.3. The Kier molecular flexibility index (Phi) is 5.44. The second-order valence-corrected chi connectivity index (χ2v) is 12.1. The van der Waals surface area contributed by atoms with Crippen molar-refractivity contribution >= 4 is 25.0 Å². The minimum Gasteiger partial charge on any atom is -0.401 e. The van der Waals surface area contributed by atoms with Gasteiger partial charge < -0.3 is 4.43 Å². The van der Waals surface area contributed by atoms with Crippen molar-refractivity contribution in [2.75, 3.05) is 0 Å². The summed E-state index contributed by atoms with van der Waals surface area (Å²) in [6.45, 7) is 7.10. The third kappa shape index (κ3) is 3.66. The Morgan fingerprint density at radius 2 is 1.52 bits per heavy atom. The fraction of sp³-hybridized carbons (Fsp3) is 0.273. The van der Waals surface area contributed by atoms with Crippen molar-refractivity contribution in [3.05, 3.63) is 78.1 Å². The number of aromatic nitrogens is 2. The van der Waals surface area contributed by atoms with E-state index in [0.717, 1.165) is 12.0 Å². The van der Waals surface area contributed by atoms with Crippen molar-refractivity contribution in [2.45, 2.75) is 32.4 Å². The third-order valence-corrected chi connectivity index (χ3v) is 9.92. The average molecular weight is 379 g/mol. The molecule has 1 heterocycles. The maximum atomic E-state index is 11.2. The number of hydrogen-bond donors (Lipinski definition) is 0. The monoisotopic (exact) mass is 378 g/mol. The second-order valence-electron chi connectivity index (χ2n) is 7.75. The molecule has 0 spiro atoms. The van der Waals surface area contributed by atoms with Crippen LogP contribution in [0.1, 0.15) is 37.0 Å². The van der Waals surface area contributed by atoms with E-state index in [0.29, 0.717) is 12.3 Å². The van der Waals surface area contributed by atoms with Gasteiger partial charge in [-0.25, -0.2) is 0 Å². The molecule has 0 saturated heterocycles. The molecule has 1 aromatic heterocycles. The number of rotatable bonds is 6. The molecule has 0 aliphatic rings. The van der Waals surface area contributed by atoms with E-state index < -0.39 is 8.32 Å². The Morgan fingerprint density at radius 1 is 1.00 bits per heavy atom.